The number of hydrogen-bond donors (Lipinski definition) is 0. The molecule has 4 rings (SSSR count). The lowest BCUT2D eigenvalue weighted by molar-refractivity contribution is -0.384. The van der Waals surface area contributed by atoms with Crippen molar-refractivity contribution in [3.63, 3.8) is 0 Å². The highest BCUT2D eigenvalue weighted by Crippen LogP contribution is 2.29. The lowest BCUT2D eigenvalue weighted by Gasteiger charge is -2.39. The van der Waals surface area contributed by atoms with Gasteiger partial charge in [-0.2, -0.15) is 0 Å². The van der Waals surface area contributed by atoms with Crippen molar-refractivity contribution in [3.8, 4) is 5.75 Å². The van der Waals surface area contributed by atoms with Gasteiger partial charge in [0.1, 0.15) is 5.75 Å². The van der Waals surface area contributed by atoms with Gasteiger partial charge in [-0.3, -0.25) is 19.8 Å². The van der Waals surface area contributed by atoms with E-state index in [1.807, 2.05) is 17.0 Å². The van der Waals surface area contributed by atoms with Gasteiger partial charge in [-0.1, -0.05) is 60.7 Å². The number of piperazine rings is 1. The first kappa shape index (κ1) is 21.5. The maximum Gasteiger partial charge on any atom is 0.269 e. The van der Waals surface area contributed by atoms with E-state index >= 15 is 0 Å². The number of benzene rings is 3. The fourth-order valence-electron chi connectivity index (χ4n) is 4.01. The van der Waals surface area contributed by atoms with Gasteiger partial charge in [0.2, 0.25) is 0 Å². The number of nitro groups is 1. The summed E-state index contributed by atoms with van der Waals surface area (Å²) in [5, 5.41) is 10.7. The molecule has 1 heterocycles. The Balaban J connectivity index is 1.36. The molecule has 7 nitrogen and oxygen atoms in total. The minimum Gasteiger partial charge on any atom is -0.484 e. The van der Waals surface area contributed by atoms with Crippen LogP contribution in [0.1, 0.15) is 17.2 Å². The first-order chi connectivity index (χ1) is 15.6. The van der Waals surface area contributed by atoms with E-state index in [0.717, 1.165) is 13.1 Å². The molecule has 0 atom stereocenters. The third-order valence-corrected chi connectivity index (χ3v) is 5.67. The Labute approximate surface area is 187 Å². The molecule has 164 valence electrons. The van der Waals surface area contributed by atoms with E-state index in [1.54, 1.807) is 0 Å². The molecule has 32 heavy (non-hydrogen) atoms. The summed E-state index contributed by atoms with van der Waals surface area (Å²) in [5.41, 5.74) is 2.46. The molecule has 1 saturated heterocycles. The van der Waals surface area contributed by atoms with Crippen molar-refractivity contribution in [1.29, 1.82) is 0 Å². The lowest BCUT2D eigenvalue weighted by Crippen LogP contribution is -2.51. The molecule has 0 aromatic heterocycles. The molecule has 0 unspecified atom stereocenters. The van der Waals surface area contributed by atoms with Crippen molar-refractivity contribution in [1.82, 2.24) is 9.80 Å². The Hall–Kier alpha value is -3.71. The Morgan fingerprint density at radius 3 is 1.88 bits per heavy atom. The summed E-state index contributed by atoms with van der Waals surface area (Å²) >= 11 is 0. The van der Waals surface area contributed by atoms with Gasteiger partial charge in [-0.05, 0) is 23.3 Å². The van der Waals surface area contributed by atoms with Gasteiger partial charge >= 0.3 is 0 Å². The van der Waals surface area contributed by atoms with Crippen molar-refractivity contribution >= 4 is 11.6 Å². The molecular formula is C25H25N3O4. The molecule has 0 saturated carbocycles. The van der Waals surface area contributed by atoms with E-state index in [2.05, 4.69) is 53.4 Å². The van der Waals surface area contributed by atoms with Crippen molar-refractivity contribution in [2.45, 2.75) is 6.04 Å². The predicted molar refractivity (Wildman–Crippen MR) is 121 cm³/mol. The lowest BCUT2D eigenvalue weighted by atomic mass is 9.96. The predicted octanol–water partition coefficient (Wildman–Crippen LogP) is 3.91. The van der Waals surface area contributed by atoms with Crippen LogP contribution in [0.2, 0.25) is 0 Å². The number of non-ortho nitro benzene ring substituents is 1. The summed E-state index contributed by atoms with van der Waals surface area (Å²) in [7, 11) is 0. The molecule has 7 heteroatoms. The fourth-order valence-corrected chi connectivity index (χ4v) is 4.01. The molecular weight excluding hydrogens is 406 g/mol. The number of nitro benzene ring substituents is 1. The first-order valence-electron chi connectivity index (χ1n) is 10.6. The molecule has 0 spiro atoms. The maximum absolute atomic E-state index is 12.6. The standard InChI is InChI=1S/C25H25N3O4/c29-24(19-32-23-13-11-22(12-14-23)28(30)31)26-15-17-27(18-16-26)25(20-7-3-1-4-8-20)21-9-5-2-6-10-21/h1-14,25H,15-19H2. The van der Waals surface area contributed by atoms with E-state index in [9.17, 15) is 14.9 Å². The molecule has 1 amide bonds. The van der Waals surface area contributed by atoms with E-state index in [4.69, 9.17) is 4.74 Å². The van der Waals surface area contributed by atoms with Gasteiger partial charge in [0.05, 0.1) is 11.0 Å². The van der Waals surface area contributed by atoms with Crippen molar-refractivity contribution in [2.24, 2.45) is 0 Å². The summed E-state index contributed by atoms with van der Waals surface area (Å²) in [5.74, 6) is 0.356. The summed E-state index contributed by atoms with van der Waals surface area (Å²) in [6.45, 7) is 2.69. The monoisotopic (exact) mass is 431 g/mol. The van der Waals surface area contributed by atoms with Crippen molar-refractivity contribution in [3.05, 3.63) is 106 Å². The number of amides is 1. The highest BCUT2D eigenvalue weighted by Gasteiger charge is 2.28. The zero-order valence-corrected chi connectivity index (χ0v) is 17.7. The van der Waals surface area contributed by atoms with Crippen LogP contribution < -0.4 is 4.74 Å². The highest BCUT2D eigenvalue weighted by atomic mass is 16.6. The third-order valence-electron chi connectivity index (χ3n) is 5.67. The summed E-state index contributed by atoms with van der Waals surface area (Å²) in [4.78, 5) is 27.1. The smallest absolute Gasteiger partial charge is 0.269 e. The number of carbonyl (C=O) groups excluding carboxylic acids is 1. The summed E-state index contributed by atoms with van der Waals surface area (Å²) in [6.07, 6.45) is 0. The number of hydrogen-bond acceptors (Lipinski definition) is 5. The molecule has 3 aromatic rings. The van der Waals surface area contributed by atoms with Crippen LogP contribution in [0.15, 0.2) is 84.9 Å². The molecule has 1 fully saturated rings. The molecule has 1 aliphatic rings. The normalized spacial score (nSPS) is 14.3. The van der Waals surface area contributed by atoms with Crippen LogP contribution in [0.5, 0.6) is 5.75 Å². The van der Waals surface area contributed by atoms with Gasteiger partial charge in [0.25, 0.3) is 11.6 Å². The zero-order chi connectivity index (χ0) is 22.3. The zero-order valence-electron chi connectivity index (χ0n) is 17.7. The Bertz CT molecular complexity index is 994. The van der Waals surface area contributed by atoms with Crippen LogP contribution in [0.3, 0.4) is 0 Å². The minimum atomic E-state index is -0.466. The average Bonchev–Trinajstić information content (AvgIpc) is 2.85. The van der Waals surface area contributed by atoms with E-state index in [1.165, 1.54) is 35.4 Å². The van der Waals surface area contributed by atoms with Crippen LogP contribution in [-0.2, 0) is 4.79 Å². The van der Waals surface area contributed by atoms with Crippen LogP contribution in [-0.4, -0.2) is 53.4 Å². The van der Waals surface area contributed by atoms with Crippen LogP contribution in [0.25, 0.3) is 0 Å². The van der Waals surface area contributed by atoms with E-state index < -0.39 is 4.92 Å². The molecule has 3 aromatic carbocycles. The minimum absolute atomic E-state index is 0.00816. The Morgan fingerprint density at radius 1 is 0.844 bits per heavy atom. The quantitative estimate of drug-likeness (QED) is 0.419. The van der Waals surface area contributed by atoms with Crippen LogP contribution in [0, 0.1) is 10.1 Å². The molecule has 0 aliphatic carbocycles. The molecule has 0 radical (unpaired) electrons. The van der Waals surface area contributed by atoms with Gasteiger partial charge in [-0.15, -0.1) is 0 Å². The third kappa shape index (κ3) is 5.12. The second kappa shape index (κ2) is 10.1. The Morgan fingerprint density at radius 2 is 1.38 bits per heavy atom. The molecule has 0 bridgehead atoms. The number of carbonyl (C=O) groups is 1. The summed E-state index contributed by atoms with van der Waals surface area (Å²) in [6, 6.07) is 26.7. The molecule has 1 aliphatic heterocycles. The maximum atomic E-state index is 12.6. The second-order valence-corrected chi connectivity index (χ2v) is 7.68. The first-order valence-corrected chi connectivity index (χ1v) is 10.6. The summed E-state index contributed by atoms with van der Waals surface area (Å²) < 4.78 is 5.54. The fraction of sp³-hybridized carbons (Fsp3) is 0.240. The van der Waals surface area contributed by atoms with Gasteiger partial charge in [0, 0.05) is 38.3 Å². The topological polar surface area (TPSA) is 75.9 Å². The Kier molecular flexibility index (Phi) is 6.77. The van der Waals surface area contributed by atoms with E-state index in [-0.39, 0.29) is 24.2 Å². The SMILES string of the molecule is O=C(COc1ccc([N+](=O)[O-])cc1)N1CCN(C(c2ccccc2)c2ccccc2)CC1. The average molecular weight is 431 g/mol. The van der Waals surface area contributed by atoms with E-state index in [0.29, 0.717) is 18.8 Å². The van der Waals surface area contributed by atoms with Gasteiger partial charge in [0.15, 0.2) is 6.61 Å². The number of ether oxygens (including phenoxy) is 1. The van der Waals surface area contributed by atoms with Crippen LogP contribution >= 0.6 is 0 Å². The van der Waals surface area contributed by atoms with Crippen LogP contribution in [0.4, 0.5) is 5.69 Å². The van der Waals surface area contributed by atoms with Gasteiger partial charge < -0.3 is 9.64 Å². The van der Waals surface area contributed by atoms with Crippen molar-refractivity contribution in [2.75, 3.05) is 32.8 Å². The number of nitrogens with zero attached hydrogens (tertiary/aromatic N) is 3. The second-order valence-electron chi connectivity index (χ2n) is 7.68. The highest BCUT2D eigenvalue weighted by molar-refractivity contribution is 5.78. The van der Waals surface area contributed by atoms with Crippen molar-refractivity contribution < 1.29 is 14.5 Å². The number of rotatable bonds is 7. The largest absolute Gasteiger partial charge is 0.484 e. The van der Waals surface area contributed by atoms with Gasteiger partial charge in [-0.25, -0.2) is 0 Å². The molecule has 0 N–H and O–H groups in total.